The highest BCUT2D eigenvalue weighted by atomic mass is 19.1. The van der Waals surface area contributed by atoms with Crippen LogP contribution in [0.4, 0.5) is 4.39 Å². The number of nitrogens with zero attached hydrogens (tertiary/aromatic N) is 5. The van der Waals surface area contributed by atoms with Gasteiger partial charge in [0.05, 0.1) is 31.4 Å². The molecule has 0 N–H and O–H groups in total. The van der Waals surface area contributed by atoms with Crippen molar-refractivity contribution in [3.05, 3.63) is 83.3 Å². The third-order valence-corrected chi connectivity index (χ3v) is 6.99. The minimum absolute atomic E-state index is 0.143. The summed E-state index contributed by atoms with van der Waals surface area (Å²) in [7, 11) is 1.66. The number of amides is 1. The number of halogens is 1. The Bertz CT molecular complexity index is 1390. The number of oxime groups is 1. The number of allylic oxidation sites excluding steroid dienone is 4. The van der Waals surface area contributed by atoms with Crippen LogP contribution in [0, 0.1) is 6.92 Å². The average molecular weight is 518 g/mol. The van der Waals surface area contributed by atoms with E-state index >= 15 is 0 Å². The molecule has 0 saturated carbocycles. The van der Waals surface area contributed by atoms with Crippen LogP contribution in [0.2, 0.25) is 0 Å². The molecule has 1 aromatic heterocycles. The first-order chi connectivity index (χ1) is 18.3. The number of hydrogen-bond acceptors (Lipinski definition) is 6. The predicted octanol–water partition coefficient (Wildman–Crippen LogP) is 4.93. The van der Waals surface area contributed by atoms with Crippen LogP contribution in [0.25, 0.3) is 11.8 Å². The summed E-state index contributed by atoms with van der Waals surface area (Å²) in [5, 5.41) is 4.39. The molecule has 9 heteroatoms. The van der Waals surface area contributed by atoms with Crippen LogP contribution in [0.3, 0.4) is 0 Å². The second-order valence-electron chi connectivity index (χ2n) is 9.81. The molecule has 38 heavy (non-hydrogen) atoms. The second-order valence-corrected chi connectivity index (χ2v) is 9.81. The molecule has 3 aliphatic rings. The summed E-state index contributed by atoms with van der Waals surface area (Å²) in [6.07, 6.45) is 10.7. The molecule has 1 atom stereocenters. The maximum absolute atomic E-state index is 14.4. The van der Waals surface area contributed by atoms with E-state index in [0.29, 0.717) is 12.0 Å². The fraction of sp³-hybridized carbons (Fsp3) is 0.345. The summed E-state index contributed by atoms with van der Waals surface area (Å²) < 4.78 is 22.0. The zero-order chi connectivity index (χ0) is 26.8. The number of methoxy groups -OCH3 is 1. The maximum Gasteiger partial charge on any atom is 0.219 e. The number of aromatic nitrogens is 2. The van der Waals surface area contributed by atoms with Gasteiger partial charge in [-0.15, -0.1) is 0 Å². The fourth-order valence-corrected chi connectivity index (χ4v) is 5.00. The van der Waals surface area contributed by atoms with Crippen LogP contribution < -0.4 is 4.74 Å². The van der Waals surface area contributed by atoms with Gasteiger partial charge in [0.25, 0.3) is 0 Å². The number of carbonyl (C=O) groups is 1. The average Bonchev–Trinajstić information content (AvgIpc) is 3.52. The van der Waals surface area contributed by atoms with E-state index in [1.165, 1.54) is 13.0 Å². The lowest BCUT2D eigenvalue weighted by atomic mass is 9.99. The molecule has 1 fully saturated rings. The van der Waals surface area contributed by atoms with Crippen molar-refractivity contribution in [3.63, 3.8) is 0 Å². The Morgan fingerprint density at radius 2 is 2.21 bits per heavy atom. The van der Waals surface area contributed by atoms with Crippen LogP contribution in [-0.4, -0.2) is 64.1 Å². The van der Waals surface area contributed by atoms with Crippen molar-refractivity contribution in [2.24, 2.45) is 5.16 Å². The van der Waals surface area contributed by atoms with Crippen molar-refractivity contribution in [1.82, 2.24) is 19.4 Å². The Morgan fingerprint density at radius 3 is 2.95 bits per heavy atom. The van der Waals surface area contributed by atoms with Gasteiger partial charge < -0.3 is 23.9 Å². The van der Waals surface area contributed by atoms with Crippen molar-refractivity contribution in [2.45, 2.75) is 39.3 Å². The van der Waals surface area contributed by atoms with E-state index in [9.17, 15) is 9.18 Å². The Labute approximate surface area is 222 Å². The molecule has 198 valence electrons. The maximum atomic E-state index is 14.4. The van der Waals surface area contributed by atoms with E-state index in [1.54, 1.807) is 24.4 Å². The second kappa shape index (κ2) is 10.7. The van der Waals surface area contributed by atoms with Crippen molar-refractivity contribution >= 4 is 17.8 Å². The summed E-state index contributed by atoms with van der Waals surface area (Å²) >= 11 is 0. The van der Waals surface area contributed by atoms with E-state index in [1.807, 2.05) is 35.9 Å². The van der Waals surface area contributed by atoms with Crippen molar-refractivity contribution in [2.75, 3.05) is 26.7 Å². The summed E-state index contributed by atoms with van der Waals surface area (Å²) in [5.74, 6) is 1.07. The number of aryl methyl sites for hydroxylation is 1. The molecule has 1 aliphatic carbocycles. The van der Waals surface area contributed by atoms with Crippen LogP contribution in [0.1, 0.15) is 37.4 Å². The largest absolute Gasteiger partial charge is 0.495 e. The van der Waals surface area contributed by atoms with E-state index in [4.69, 9.17) is 9.57 Å². The normalized spacial score (nSPS) is 19.9. The van der Waals surface area contributed by atoms with Crippen molar-refractivity contribution in [3.8, 4) is 11.4 Å². The number of piperidine rings is 1. The minimum atomic E-state index is -0.426. The Hall–Kier alpha value is -4.14. The van der Waals surface area contributed by atoms with Gasteiger partial charge in [0.2, 0.25) is 12.1 Å². The molecule has 1 unspecified atom stereocenters. The van der Waals surface area contributed by atoms with E-state index in [0.717, 1.165) is 59.1 Å². The van der Waals surface area contributed by atoms with Crippen LogP contribution in [0.15, 0.2) is 77.2 Å². The number of rotatable bonds is 7. The topological polar surface area (TPSA) is 72.2 Å². The van der Waals surface area contributed by atoms with Gasteiger partial charge in [-0.2, -0.15) is 0 Å². The van der Waals surface area contributed by atoms with Gasteiger partial charge in [0, 0.05) is 26.2 Å². The van der Waals surface area contributed by atoms with Crippen LogP contribution in [0.5, 0.6) is 5.75 Å². The van der Waals surface area contributed by atoms with Gasteiger partial charge in [-0.1, -0.05) is 29.5 Å². The number of imidazole rings is 1. The van der Waals surface area contributed by atoms with Gasteiger partial charge in [-0.05, 0) is 67.2 Å². The lowest BCUT2D eigenvalue weighted by Crippen LogP contribution is -2.48. The smallest absolute Gasteiger partial charge is 0.219 e. The zero-order valence-electron chi connectivity index (χ0n) is 22.0. The fourth-order valence-electron chi connectivity index (χ4n) is 5.00. The molecular formula is C29H32FN5O3. The lowest BCUT2D eigenvalue weighted by Gasteiger charge is -2.33. The molecule has 3 heterocycles. The van der Waals surface area contributed by atoms with E-state index in [2.05, 4.69) is 27.7 Å². The van der Waals surface area contributed by atoms with E-state index < -0.39 is 6.23 Å². The van der Waals surface area contributed by atoms with Gasteiger partial charge >= 0.3 is 0 Å². The molecule has 8 nitrogen and oxygen atoms in total. The minimum Gasteiger partial charge on any atom is -0.495 e. The monoisotopic (exact) mass is 517 g/mol. The lowest BCUT2D eigenvalue weighted by molar-refractivity contribution is -0.131. The Morgan fingerprint density at radius 1 is 1.37 bits per heavy atom. The first-order valence-corrected chi connectivity index (χ1v) is 12.7. The molecule has 1 saturated heterocycles. The molecule has 5 rings (SSSR count). The number of carbonyl (C=O) groups excluding carboxylic acids is 1. The Kier molecular flexibility index (Phi) is 7.18. The SMILES string of the molecule is C=C1C=CC(F)=C(CN(CC2ON=C3C(=Cc4ccc(-n5cnc(C)c5)c(OC)c4)CCCN32)C(C)=O)C1. The molecular weight excluding hydrogens is 485 g/mol. The molecule has 1 aromatic carbocycles. The van der Waals surface area contributed by atoms with Gasteiger partial charge in [0.1, 0.15) is 11.6 Å². The third-order valence-electron chi connectivity index (χ3n) is 6.99. The molecule has 0 radical (unpaired) electrons. The molecule has 0 spiro atoms. The Balaban J connectivity index is 1.32. The van der Waals surface area contributed by atoms with Crippen molar-refractivity contribution < 1.29 is 18.8 Å². The summed E-state index contributed by atoms with van der Waals surface area (Å²) in [6, 6.07) is 6.05. The molecule has 0 bridgehead atoms. The number of fused-ring (bicyclic) bond motifs is 1. The summed E-state index contributed by atoms with van der Waals surface area (Å²) in [5.41, 5.74) is 5.26. The van der Waals surface area contributed by atoms with Crippen molar-refractivity contribution in [1.29, 1.82) is 0 Å². The third kappa shape index (κ3) is 5.27. The van der Waals surface area contributed by atoms with Crippen LogP contribution >= 0.6 is 0 Å². The highest BCUT2D eigenvalue weighted by molar-refractivity contribution is 6.03. The van der Waals surface area contributed by atoms with Crippen LogP contribution in [-0.2, 0) is 9.63 Å². The first-order valence-electron chi connectivity index (χ1n) is 12.7. The van der Waals surface area contributed by atoms with Gasteiger partial charge in [-0.25, -0.2) is 9.37 Å². The number of hydrogen-bond donors (Lipinski definition) is 0. The predicted molar refractivity (Wildman–Crippen MR) is 144 cm³/mol. The molecule has 1 amide bonds. The highest BCUT2D eigenvalue weighted by Gasteiger charge is 2.36. The quantitative estimate of drug-likeness (QED) is 0.521. The molecule has 2 aliphatic heterocycles. The first kappa shape index (κ1) is 25.5. The highest BCUT2D eigenvalue weighted by Crippen LogP contribution is 2.31. The van der Waals surface area contributed by atoms with Gasteiger partial charge in [0.15, 0.2) is 5.84 Å². The molecule has 2 aromatic rings. The number of amidine groups is 1. The van der Waals surface area contributed by atoms with E-state index in [-0.39, 0.29) is 24.8 Å². The zero-order valence-corrected chi connectivity index (χ0v) is 22.0. The van der Waals surface area contributed by atoms with Gasteiger partial charge in [-0.3, -0.25) is 4.79 Å². The summed E-state index contributed by atoms with van der Waals surface area (Å²) in [6.45, 7) is 8.61. The summed E-state index contributed by atoms with van der Waals surface area (Å²) in [4.78, 5) is 26.3. The number of ether oxygens (including phenoxy) is 1. The standard InChI is InChI=1S/C29H32FN5O3/c1-19-7-9-25(30)24(12-19)16-33(21(3)36)17-28-35-11-5-6-23(29(35)32-38-28)13-22-8-10-26(27(14-22)37-4)34-15-20(2)31-18-34/h7-10,13-15,18,28H,1,5-6,11-12,16-17H2,2-4H3. The number of benzene rings is 1.